The lowest BCUT2D eigenvalue weighted by Crippen LogP contribution is -2.20. The molecule has 2 aromatic carbocycles. The fourth-order valence-electron chi connectivity index (χ4n) is 2.33. The summed E-state index contributed by atoms with van der Waals surface area (Å²) in [6.07, 6.45) is 3.34. The maximum absolute atomic E-state index is 11.4. The molecule has 2 N–H and O–H groups in total. The molecule has 2 rings (SSSR count). The summed E-state index contributed by atoms with van der Waals surface area (Å²) in [5.74, 6) is 0.0393. The van der Waals surface area contributed by atoms with Gasteiger partial charge in [0, 0.05) is 16.9 Å². The number of para-hydroxylation sites is 1. The van der Waals surface area contributed by atoms with Crippen LogP contribution in [0.25, 0.3) is 0 Å². The zero-order chi connectivity index (χ0) is 16.7. The lowest BCUT2D eigenvalue weighted by atomic mass is 10.1. The van der Waals surface area contributed by atoms with Gasteiger partial charge in [-0.15, -0.1) is 0 Å². The molecule has 0 aliphatic rings. The summed E-state index contributed by atoms with van der Waals surface area (Å²) in [5, 5.41) is 6.91. The van der Waals surface area contributed by atoms with Gasteiger partial charge >= 0.3 is 0 Å². The van der Waals surface area contributed by atoms with Crippen molar-refractivity contribution in [2.24, 2.45) is 0 Å². The molecule has 23 heavy (non-hydrogen) atoms. The average Bonchev–Trinajstić information content (AvgIpc) is 2.54. The van der Waals surface area contributed by atoms with Crippen LogP contribution in [-0.2, 0) is 6.42 Å². The van der Waals surface area contributed by atoms with Gasteiger partial charge in [-0.1, -0.05) is 43.7 Å². The van der Waals surface area contributed by atoms with Crippen LogP contribution in [0.15, 0.2) is 48.5 Å². The SMILES string of the molecule is CCCCc1ccccc1NC(=S)Nc1cccc(C(C)=O)c1. The number of carbonyl (C=O) groups excluding carboxylic acids is 1. The van der Waals surface area contributed by atoms with E-state index >= 15 is 0 Å². The molecule has 0 heterocycles. The first-order chi connectivity index (χ1) is 11.1. The Morgan fingerprint density at radius 2 is 1.87 bits per heavy atom. The molecular weight excluding hydrogens is 304 g/mol. The molecule has 0 saturated carbocycles. The first kappa shape index (κ1) is 17.2. The van der Waals surface area contributed by atoms with E-state index in [2.05, 4.69) is 23.6 Å². The predicted molar refractivity (Wildman–Crippen MR) is 101 cm³/mol. The first-order valence-corrected chi connectivity index (χ1v) is 8.28. The highest BCUT2D eigenvalue weighted by Gasteiger charge is 2.05. The second-order valence-electron chi connectivity index (χ2n) is 5.48. The van der Waals surface area contributed by atoms with Gasteiger partial charge in [0.15, 0.2) is 10.9 Å². The molecule has 0 aromatic heterocycles. The average molecular weight is 326 g/mol. The van der Waals surface area contributed by atoms with Crippen LogP contribution in [0.4, 0.5) is 11.4 Å². The van der Waals surface area contributed by atoms with E-state index in [4.69, 9.17) is 12.2 Å². The summed E-state index contributed by atoms with van der Waals surface area (Å²) in [7, 11) is 0. The zero-order valence-electron chi connectivity index (χ0n) is 13.6. The lowest BCUT2D eigenvalue weighted by Gasteiger charge is -2.14. The topological polar surface area (TPSA) is 41.1 Å². The van der Waals surface area contributed by atoms with E-state index in [-0.39, 0.29) is 5.78 Å². The number of hydrogen-bond acceptors (Lipinski definition) is 2. The summed E-state index contributed by atoms with van der Waals surface area (Å²) in [6.45, 7) is 3.74. The van der Waals surface area contributed by atoms with Crippen LogP contribution in [0.1, 0.15) is 42.6 Å². The minimum atomic E-state index is 0.0393. The molecular formula is C19H22N2OS. The Balaban J connectivity index is 2.05. The van der Waals surface area contributed by atoms with Crippen molar-refractivity contribution in [3.05, 3.63) is 59.7 Å². The highest BCUT2D eigenvalue weighted by atomic mass is 32.1. The number of Topliss-reactive ketones (excluding diaryl/α,β-unsaturated/α-hetero) is 1. The highest BCUT2D eigenvalue weighted by Crippen LogP contribution is 2.18. The molecule has 0 fully saturated rings. The smallest absolute Gasteiger partial charge is 0.175 e. The van der Waals surface area contributed by atoms with Crippen LogP contribution in [0.5, 0.6) is 0 Å². The van der Waals surface area contributed by atoms with Crippen LogP contribution in [0, 0.1) is 0 Å². The number of rotatable bonds is 6. The second kappa shape index (κ2) is 8.44. The Labute approximate surface area is 143 Å². The number of nitrogens with one attached hydrogen (secondary N) is 2. The molecule has 3 nitrogen and oxygen atoms in total. The van der Waals surface area contributed by atoms with E-state index in [0.29, 0.717) is 10.7 Å². The summed E-state index contributed by atoms with van der Waals surface area (Å²) in [4.78, 5) is 11.4. The molecule has 0 spiro atoms. The molecule has 0 aliphatic carbocycles. The van der Waals surface area contributed by atoms with Gasteiger partial charge in [-0.2, -0.15) is 0 Å². The Morgan fingerprint density at radius 1 is 1.09 bits per heavy atom. The number of ketones is 1. The van der Waals surface area contributed by atoms with Gasteiger partial charge in [-0.3, -0.25) is 4.79 Å². The molecule has 0 unspecified atom stereocenters. The summed E-state index contributed by atoms with van der Waals surface area (Å²) >= 11 is 5.39. The van der Waals surface area contributed by atoms with E-state index < -0.39 is 0 Å². The zero-order valence-corrected chi connectivity index (χ0v) is 14.4. The van der Waals surface area contributed by atoms with Crippen molar-refractivity contribution in [1.29, 1.82) is 0 Å². The van der Waals surface area contributed by atoms with Crippen molar-refractivity contribution in [1.82, 2.24) is 0 Å². The number of unbranched alkanes of at least 4 members (excludes halogenated alkanes) is 1. The number of carbonyl (C=O) groups is 1. The van der Waals surface area contributed by atoms with Crippen molar-refractivity contribution >= 4 is 34.5 Å². The standard InChI is InChI=1S/C19H22N2OS/c1-3-4-8-15-9-5-6-12-18(15)21-19(23)20-17-11-7-10-16(13-17)14(2)22/h5-7,9-13H,3-4,8H2,1-2H3,(H2,20,21,23). The minimum absolute atomic E-state index is 0.0393. The maximum atomic E-state index is 11.4. The van der Waals surface area contributed by atoms with Crippen molar-refractivity contribution in [3.8, 4) is 0 Å². The predicted octanol–water partition coefficient (Wildman–Crippen LogP) is 5.04. The summed E-state index contributed by atoms with van der Waals surface area (Å²) in [5.41, 5.74) is 3.76. The molecule has 0 atom stereocenters. The number of thiocarbonyl (C=S) groups is 1. The Hall–Kier alpha value is -2.20. The number of hydrogen-bond donors (Lipinski definition) is 2. The fraction of sp³-hybridized carbons (Fsp3) is 0.263. The molecule has 0 aliphatic heterocycles. The van der Waals surface area contributed by atoms with Gasteiger partial charge in [0.1, 0.15) is 0 Å². The normalized spacial score (nSPS) is 10.2. The third-order valence-electron chi connectivity index (χ3n) is 3.59. The van der Waals surface area contributed by atoms with Crippen molar-refractivity contribution in [3.63, 3.8) is 0 Å². The van der Waals surface area contributed by atoms with Gasteiger partial charge in [0.2, 0.25) is 0 Å². The van der Waals surface area contributed by atoms with Crippen LogP contribution in [0.3, 0.4) is 0 Å². The number of anilines is 2. The van der Waals surface area contributed by atoms with Crippen LogP contribution >= 0.6 is 12.2 Å². The second-order valence-corrected chi connectivity index (χ2v) is 5.89. The van der Waals surface area contributed by atoms with Gasteiger partial charge in [0.05, 0.1) is 0 Å². The molecule has 2 aromatic rings. The Bertz CT molecular complexity index is 697. The Kier molecular flexibility index (Phi) is 6.29. The molecule has 0 saturated heterocycles. The quantitative estimate of drug-likeness (QED) is 0.576. The van der Waals surface area contributed by atoms with Gasteiger partial charge < -0.3 is 10.6 Å². The molecule has 0 radical (unpaired) electrons. The minimum Gasteiger partial charge on any atom is -0.332 e. The lowest BCUT2D eigenvalue weighted by molar-refractivity contribution is 0.101. The maximum Gasteiger partial charge on any atom is 0.175 e. The van der Waals surface area contributed by atoms with Crippen LogP contribution < -0.4 is 10.6 Å². The molecule has 0 bridgehead atoms. The van der Waals surface area contributed by atoms with Gasteiger partial charge in [-0.05, 0) is 55.7 Å². The highest BCUT2D eigenvalue weighted by molar-refractivity contribution is 7.80. The first-order valence-electron chi connectivity index (χ1n) is 7.87. The monoisotopic (exact) mass is 326 g/mol. The van der Waals surface area contributed by atoms with Crippen molar-refractivity contribution in [2.75, 3.05) is 10.6 Å². The molecule has 4 heteroatoms. The largest absolute Gasteiger partial charge is 0.332 e. The van der Waals surface area contributed by atoms with E-state index in [1.165, 1.54) is 5.56 Å². The van der Waals surface area contributed by atoms with E-state index in [9.17, 15) is 4.79 Å². The molecule has 120 valence electrons. The fourth-order valence-corrected chi connectivity index (χ4v) is 2.56. The summed E-state index contributed by atoms with van der Waals surface area (Å²) < 4.78 is 0. The van der Waals surface area contributed by atoms with Crippen LogP contribution in [-0.4, -0.2) is 10.9 Å². The van der Waals surface area contributed by atoms with E-state index in [1.54, 1.807) is 19.1 Å². The van der Waals surface area contributed by atoms with Gasteiger partial charge in [-0.25, -0.2) is 0 Å². The van der Waals surface area contributed by atoms with Crippen molar-refractivity contribution < 1.29 is 4.79 Å². The van der Waals surface area contributed by atoms with Crippen LogP contribution in [0.2, 0.25) is 0 Å². The third-order valence-corrected chi connectivity index (χ3v) is 3.80. The van der Waals surface area contributed by atoms with Gasteiger partial charge in [0.25, 0.3) is 0 Å². The molecule has 0 amide bonds. The van der Waals surface area contributed by atoms with E-state index in [1.807, 2.05) is 30.3 Å². The summed E-state index contributed by atoms with van der Waals surface area (Å²) in [6, 6.07) is 15.5. The Morgan fingerprint density at radius 3 is 2.61 bits per heavy atom. The third kappa shape index (κ3) is 5.18. The number of aryl methyl sites for hydroxylation is 1. The number of benzene rings is 2. The van der Waals surface area contributed by atoms with E-state index in [0.717, 1.165) is 30.6 Å². The van der Waals surface area contributed by atoms with Crippen molar-refractivity contribution in [2.45, 2.75) is 33.1 Å².